The van der Waals surface area contributed by atoms with Crippen molar-refractivity contribution in [2.45, 2.75) is 31.4 Å². The van der Waals surface area contributed by atoms with E-state index in [4.69, 9.17) is 16.3 Å². The maximum Gasteiger partial charge on any atom is 0.147 e. The molecular weight excluding hydrogens is 226 g/mol. The number of nitrogens with zero attached hydrogens (tertiary/aromatic N) is 3. The smallest absolute Gasteiger partial charge is 0.147 e. The molecule has 4 nitrogen and oxygen atoms in total. The summed E-state index contributed by atoms with van der Waals surface area (Å²) in [6, 6.07) is 0.375. The molecule has 1 aromatic rings. The molecule has 0 aromatic carbocycles. The minimum atomic E-state index is 0.242. The Kier molecular flexibility index (Phi) is 3.61. The van der Waals surface area contributed by atoms with Gasteiger partial charge in [-0.3, -0.25) is 4.98 Å². The lowest BCUT2D eigenvalue weighted by molar-refractivity contribution is 0.118. The second-order valence-electron chi connectivity index (χ2n) is 4.05. The number of aromatic nitrogens is 2. The van der Waals surface area contributed by atoms with Crippen LogP contribution in [-0.2, 0) is 10.6 Å². The van der Waals surface area contributed by atoms with Crippen molar-refractivity contribution in [1.29, 1.82) is 0 Å². The van der Waals surface area contributed by atoms with Crippen LogP contribution >= 0.6 is 11.6 Å². The number of anilines is 1. The van der Waals surface area contributed by atoms with E-state index in [1.165, 1.54) is 0 Å². The highest BCUT2D eigenvalue weighted by atomic mass is 35.5. The van der Waals surface area contributed by atoms with Crippen LogP contribution in [0.5, 0.6) is 0 Å². The first kappa shape index (κ1) is 11.6. The highest BCUT2D eigenvalue weighted by Gasteiger charge is 2.28. The zero-order chi connectivity index (χ0) is 11.5. The molecule has 2 atom stereocenters. The Bertz CT molecular complexity index is 361. The van der Waals surface area contributed by atoms with E-state index in [1.54, 1.807) is 12.4 Å². The number of halogens is 1. The van der Waals surface area contributed by atoms with E-state index in [-0.39, 0.29) is 6.10 Å². The molecule has 0 spiro atoms. The summed E-state index contributed by atoms with van der Waals surface area (Å²) >= 11 is 5.75. The monoisotopic (exact) mass is 241 g/mol. The second-order valence-corrected chi connectivity index (χ2v) is 4.31. The fourth-order valence-corrected chi connectivity index (χ4v) is 2.16. The lowest BCUT2D eigenvalue weighted by atomic mass is 10.1. The van der Waals surface area contributed by atoms with Crippen molar-refractivity contribution >= 4 is 17.4 Å². The molecule has 1 fully saturated rings. The predicted molar refractivity (Wildman–Crippen MR) is 63.8 cm³/mol. The number of hydrogen-bond acceptors (Lipinski definition) is 4. The molecule has 0 radical (unpaired) electrons. The van der Waals surface area contributed by atoms with Crippen molar-refractivity contribution in [1.82, 2.24) is 9.97 Å². The van der Waals surface area contributed by atoms with E-state index in [1.807, 2.05) is 7.05 Å². The molecular formula is C11H16ClN3O. The maximum atomic E-state index is 5.75. The average Bonchev–Trinajstić information content (AvgIpc) is 2.74. The molecule has 88 valence electrons. The first-order valence-corrected chi connectivity index (χ1v) is 5.97. The van der Waals surface area contributed by atoms with Crippen LogP contribution in [0.15, 0.2) is 12.4 Å². The van der Waals surface area contributed by atoms with Crippen molar-refractivity contribution in [3.8, 4) is 0 Å². The Morgan fingerprint density at radius 1 is 1.56 bits per heavy atom. The summed E-state index contributed by atoms with van der Waals surface area (Å²) in [5.74, 6) is 1.26. The molecule has 2 heterocycles. The van der Waals surface area contributed by atoms with E-state index < -0.39 is 0 Å². The molecule has 1 saturated heterocycles. The van der Waals surface area contributed by atoms with Crippen molar-refractivity contribution < 1.29 is 4.74 Å². The number of likely N-dealkylation sites (N-methyl/N-ethyl adjacent to an activating group) is 1. The van der Waals surface area contributed by atoms with E-state index in [0.29, 0.717) is 11.9 Å². The van der Waals surface area contributed by atoms with Gasteiger partial charge in [0.1, 0.15) is 5.82 Å². The number of rotatable bonds is 3. The molecule has 0 amide bonds. The van der Waals surface area contributed by atoms with Gasteiger partial charge in [-0.25, -0.2) is 4.98 Å². The Morgan fingerprint density at radius 2 is 2.38 bits per heavy atom. The Balaban J connectivity index is 2.16. The van der Waals surface area contributed by atoms with Crippen LogP contribution in [-0.4, -0.2) is 35.8 Å². The van der Waals surface area contributed by atoms with Crippen LogP contribution in [0.25, 0.3) is 0 Å². The van der Waals surface area contributed by atoms with Crippen LogP contribution < -0.4 is 4.90 Å². The summed E-state index contributed by atoms with van der Waals surface area (Å²) in [6.07, 6.45) is 4.73. The van der Waals surface area contributed by atoms with Crippen molar-refractivity contribution in [2.24, 2.45) is 0 Å². The van der Waals surface area contributed by atoms with Gasteiger partial charge < -0.3 is 9.64 Å². The third kappa shape index (κ3) is 2.28. The topological polar surface area (TPSA) is 38.2 Å². The predicted octanol–water partition coefficient (Wildman–Crippen LogP) is 1.83. The maximum absolute atomic E-state index is 5.75. The van der Waals surface area contributed by atoms with E-state index >= 15 is 0 Å². The van der Waals surface area contributed by atoms with Gasteiger partial charge in [0.25, 0.3) is 0 Å². The van der Waals surface area contributed by atoms with Crippen LogP contribution in [0.4, 0.5) is 5.82 Å². The Labute approximate surface area is 101 Å². The van der Waals surface area contributed by atoms with Crippen LogP contribution in [0.3, 0.4) is 0 Å². The van der Waals surface area contributed by atoms with Gasteiger partial charge in [0.15, 0.2) is 0 Å². The minimum absolute atomic E-state index is 0.242. The van der Waals surface area contributed by atoms with E-state index in [2.05, 4.69) is 21.8 Å². The van der Waals surface area contributed by atoms with Crippen LogP contribution in [0.2, 0.25) is 0 Å². The number of ether oxygens (including phenoxy) is 1. The first-order chi connectivity index (χ1) is 7.72. The largest absolute Gasteiger partial charge is 0.376 e. The third-order valence-corrected chi connectivity index (χ3v) is 3.28. The molecule has 2 rings (SSSR count). The molecule has 0 bridgehead atoms. The van der Waals surface area contributed by atoms with Gasteiger partial charge in [0, 0.05) is 19.9 Å². The van der Waals surface area contributed by atoms with Gasteiger partial charge in [-0.15, -0.1) is 11.6 Å². The zero-order valence-electron chi connectivity index (χ0n) is 9.56. The van der Waals surface area contributed by atoms with Gasteiger partial charge in [-0.05, 0) is 13.3 Å². The van der Waals surface area contributed by atoms with Crippen LogP contribution in [0.1, 0.15) is 19.0 Å². The summed E-state index contributed by atoms with van der Waals surface area (Å²) in [5, 5.41) is 0. The molecule has 0 aliphatic carbocycles. The highest BCUT2D eigenvalue weighted by molar-refractivity contribution is 6.16. The summed E-state index contributed by atoms with van der Waals surface area (Å²) in [4.78, 5) is 10.7. The molecule has 2 unspecified atom stereocenters. The van der Waals surface area contributed by atoms with Gasteiger partial charge in [-0.1, -0.05) is 0 Å². The van der Waals surface area contributed by atoms with Gasteiger partial charge in [0.2, 0.25) is 0 Å². The van der Waals surface area contributed by atoms with Crippen LogP contribution in [0, 0.1) is 0 Å². The third-order valence-electron chi connectivity index (χ3n) is 3.00. The first-order valence-electron chi connectivity index (χ1n) is 5.43. The molecule has 1 aliphatic heterocycles. The second kappa shape index (κ2) is 4.97. The van der Waals surface area contributed by atoms with E-state index in [0.717, 1.165) is 24.5 Å². The quantitative estimate of drug-likeness (QED) is 0.757. The lowest BCUT2D eigenvalue weighted by Crippen LogP contribution is -2.37. The molecule has 16 heavy (non-hydrogen) atoms. The summed E-state index contributed by atoms with van der Waals surface area (Å²) in [5.41, 5.74) is 0.803. The van der Waals surface area contributed by atoms with Gasteiger partial charge in [-0.2, -0.15) is 0 Å². The molecule has 1 aliphatic rings. The average molecular weight is 242 g/mol. The van der Waals surface area contributed by atoms with Crippen molar-refractivity contribution in [3.63, 3.8) is 0 Å². The summed E-state index contributed by atoms with van der Waals surface area (Å²) < 4.78 is 5.55. The fraction of sp³-hybridized carbons (Fsp3) is 0.636. The summed E-state index contributed by atoms with van der Waals surface area (Å²) in [7, 11) is 2.03. The Hall–Kier alpha value is -0.870. The lowest BCUT2D eigenvalue weighted by Gasteiger charge is -2.27. The number of alkyl halides is 1. The van der Waals surface area contributed by atoms with Crippen molar-refractivity contribution in [2.75, 3.05) is 18.6 Å². The molecule has 0 N–H and O–H groups in total. The summed E-state index contributed by atoms with van der Waals surface area (Å²) in [6.45, 7) is 2.91. The fourth-order valence-electron chi connectivity index (χ4n) is 2.03. The zero-order valence-corrected chi connectivity index (χ0v) is 10.3. The van der Waals surface area contributed by atoms with Crippen molar-refractivity contribution in [3.05, 3.63) is 18.1 Å². The van der Waals surface area contributed by atoms with Gasteiger partial charge >= 0.3 is 0 Å². The molecule has 1 aromatic heterocycles. The molecule has 0 saturated carbocycles. The number of hydrogen-bond donors (Lipinski definition) is 0. The van der Waals surface area contributed by atoms with Gasteiger partial charge in [0.05, 0.1) is 29.9 Å². The minimum Gasteiger partial charge on any atom is -0.376 e. The SMILES string of the molecule is CC1OCCC1N(C)c1cncc(CCl)n1. The molecule has 5 heteroatoms. The highest BCUT2D eigenvalue weighted by Crippen LogP contribution is 2.22. The Morgan fingerprint density at radius 3 is 3.00 bits per heavy atom. The normalized spacial score (nSPS) is 24.7. The standard InChI is InChI=1S/C11H16ClN3O/c1-8-10(3-4-16-8)15(2)11-7-13-6-9(5-12)14-11/h6-8,10H,3-5H2,1-2H3. The van der Waals surface area contributed by atoms with E-state index in [9.17, 15) is 0 Å².